The summed E-state index contributed by atoms with van der Waals surface area (Å²) in [4.78, 5) is 16.6. The third-order valence-corrected chi connectivity index (χ3v) is 4.96. The van der Waals surface area contributed by atoms with Crippen LogP contribution < -0.4 is 10.1 Å². The minimum atomic E-state index is -1.36. The van der Waals surface area contributed by atoms with Crippen molar-refractivity contribution in [3.8, 4) is 11.8 Å². The Morgan fingerprint density at radius 2 is 2.03 bits per heavy atom. The van der Waals surface area contributed by atoms with Crippen LogP contribution in [0.15, 0.2) is 61.2 Å². The van der Waals surface area contributed by atoms with Crippen molar-refractivity contribution in [1.29, 1.82) is 5.26 Å². The van der Waals surface area contributed by atoms with Crippen LogP contribution in [0.4, 0.5) is 5.69 Å². The van der Waals surface area contributed by atoms with Crippen molar-refractivity contribution in [3.63, 3.8) is 0 Å². The highest BCUT2D eigenvalue weighted by Gasteiger charge is 2.39. The first kappa shape index (κ1) is 20.9. The first-order chi connectivity index (χ1) is 14.5. The molecule has 3 aromatic rings. The van der Waals surface area contributed by atoms with Crippen LogP contribution in [0.1, 0.15) is 37.0 Å². The minimum absolute atomic E-state index is 0.308. The van der Waals surface area contributed by atoms with Crippen molar-refractivity contribution in [2.45, 2.75) is 32.4 Å². The van der Waals surface area contributed by atoms with Crippen LogP contribution >= 0.6 is 0 Å². The monoisotopic (exact) mass is 404 g/mol. The van der Waals surface area contributed by atoms with Gasteiger partial charge in [-0.15, -0.1) is 0 Å². The average Bonchev–Trinajstić information content (AvgIpc) is 3.25. The number of carboxylic acid groups (broad SMARTS) is 1. The van der Waals surface area contributed by atoms with Gasteiger partial charge in [0.2, 0.25) is 0 Å². The molecule has 1 heterocycles. The highest BCUT2D eigenvalue weighted by atomic mass is 16.5. The van der Waals surface area contributed by atoms with Crippen molar-refractivity contribution in [2.75, 3.05) is 11.9 Å². The number of aliphatic carboxylic acids is 1. The van der Waals surface area contributed by atoms with Gasteiger partial charge in [0.15, 0.2) is 5.54 Å². The number of ether oxygens (including phenoxy) is 1. The largest absolute Gasteiger partial charge is 0.494 e. The highest BCUT2D eigenvalue weighted by Crippen LogP contribution is 2.34. The Morgan fingerprint density at radius 3 is 2.60 bits per heavy atom. The molecular weight excluding hydrogens is 380 g/mol. The van der Waals surface area contributed by atoms with Crippen molar-refractivity contribution in [1.82, 2.24) is 9.55 Å². The molecule has 3 rings (SSSR count). The van der Waals surface area contributed by atoms with Gasteiger partial charge in [0.05, 0.1) is 24.6 Å². The fraction of sp³-hybridized carbons (Fsp3) is 0.261. The zero-order valence-corrected chi connectivity index (χ0v) is 17.0. The van der Waals surface area contributed by atoms with E-state index in [1.165, 1.54) is 0 Å². The fourth-order valence-corrected chi connectivity index (χ4v) is 3.41. The molecule has 0 aliphatic heterocycles. The number of aromatic nitrogens is 2. The SMILES string of the molecule is CCOc1cc(Cn2ccnc2)cc(C(CC)(Nc2ccc(C#N)cc2)C(=O)O)c1. The quantitative estimate of drug-likeness (QED) is 0.559. The Hall–Kier alpha value is -3.79. The third-order valence-electron chi connectivity index (χ3n) is 4.96. The summed E-state index contributed by atoms with van der Waals surface area (Å²) >= 11 is 0. The standard InChI is InChI=1S/C23H24N4O3/c1-3-23(22(28)29,26-20-7-5-17(14-24)6-8-20)19-11-18(12-21(13-19)30-4-2)15-27-10-9-25-16-27/h5-13,16,26H,3-4,15H2,1-2H3,(H,28,29). The molecule has 0 fully saturated rings. The third kappa shape index (κ3) is 4.44. The predicted molar refractivity (Wildman–Crippen MR) is 113 cm³/mol. The van der Waals surface area contributed by atoms with Crippen LogP contribution in [-0.2, 0) is 16.9 Å². The van der Waals surface area contributed by atoms with E-state index in [0.717, 1.165) is 5.56 Å². The van der Waals surface area contributed by atoms with E-state index >= 15 is 0 Å². The number of benzene rings is 2. The number of nitrogens with zero attached hydrogens (tertiary/aromatic N) is 3. The Kier molecular flexibility index (Phi) is 6.38. The number of nitriles is 1. The van der Waals surface area contributed by atoms with Gasteiger partial charge in [0, 0.05) is 24.6 Å². The zero-order valence-electron chi connectivity index (χ0n) is 17.0. The molecule has 7 nitrogen and oxygen atoms in total. The molecule has 0 radical (unpaired) electrons. The van der Waals surface area contributed by atoms with E-state index in [0.29, 0.717) is 42.1 Å². The van der Waals surface area contributed by atoms with Gasteiger partial charge in [-0.2, -0.15) is 5.26 Å². The molecule has 0 aliphatic rings. The smallest absolute Gasteiger partial charge is 0.334 e. The molecule has 1 atom stereocenters. The molecule has 0 saturated carbocycles. The van der Waals surface area contributed by atoms with E-state index < -0.39 is 11.5 Å². The molecule has 7 heteroatoms. The lowest BCUT2D eigenvalue weighted by molar-refractivity contribution is -0.142. The number of hydrogen-bond donors (Lipinski definition) is 2. The molecule has 2 aromatic carbocycles. The Bertz CT molecular complexity index is 1040. The van der Waals surface area contributed by atoms with E-state index in [2.05, 4.69) is 16.4 Å². The van der Waals surface area contributed by atoms with Gasteiger partial charge in [0.25, 0.3) is 0 Å². The van der Waals surface area contributed by atoms with Gasteiger partial charge in [-0.1, -0.05) is 13.0 Å². The predicted octanol–water partition coefficient (Wildman–Crippen LogP) is 4.00. The van der Waals surface area contributed by atoms with Crippen LogP contribution in [-0.4, -0.2) is 27.2 Å². The molecule has 154 valence electrons. The number of nitrogens with one attached hydrogen (secondary N) is 1. The van der Waals surface area contributed by atoms with Crippen LogP contribution in [0, 0.1) is 11.3 Å². The van der Waals surface area contributed by atoms with Crippen LogP contribution in [0.5, 0.6) is 5.75 Å². The molecular formula is C23H24N4O3. The second kappa shape index (κ2) is 9.14. The maximum atomic E-state index is 12.5. The number of hydrogen-bond acceptors (Lipinski definition) is 5. The van der Waals surface area contributed by atoms with Crippen molar-refractivity contribution >= 4 is 11.7 Å². The van der Waals surface area contributed by atoms with Crippen LogP contribution in [0.2, 0.25) is 0 Å². The average molecular weight is 404 g/mol. The molecule has 0 aliphatic carbocycles. The molecule has 0 saturated heterocycles. The minimum Gasteiger partial charge on any atom is -0.494 e. The van der Waals surface area contributed by atoms with Gasteiger partial charge in [-0.25, -0.2) is 9.78 Å². The summed E-state index contributed by atoms with van der Waals surface area (Å²) in [5.41, 5.74) is 1.29. The lowest BCUT2D eigenvalue weighted by Gasteiger charge is -2.32. The van der Waals surface area contributed by atoms with Gasteiger partial charge in [-0.05, 0) is 60.9 Å². The van der Waals surface area contributed by atoms with E-state index in [-0.39, 0.29) is 0 Å². The van der Waals surface area contributed by atoms with Crippen molar-refractivity contribution < 1.29 is 14.6 Å². The number of imidazole rings is 1. The number of rotatable bonds is 9. The van der Waals surface area contributed by atoms with E-state index in [1.54, 1.807) is 42.9 Å². The number of anilines is 1. The maximum Gasteiger partial charge on any atom is 0.334 e. The normalized spacial score (nSPS) is 12.6. The van der Waals surface area contributed by atoms with E-state index in [1.807, 2.05) is 36.7 Å². The number of carboxylic acids is 1. The lowest BCUT2D eigenvalue weighted by Crippen LogP contribution is -2.43. The Labute approximate surface area is 175 Å². The Balaban J connectivity index is 2.06. The summed E-state index contributed by atoms with van der Waals surface area (Å²) in [7, 11) is 0. The van der Waals surface area contributed by atoms with Gasteiger partial charge >= 0.3 is 5.97 Å². The lowest BCUT2D eigenvalue weighted by atomic mass is 9.85. The van der Waals surface area contributed by atoms with Gasteiger partial charge in [0.1, 0.15) is 5.75 Å². The first-order valence-electron chi connectivity index (χ1n) is 9.75. The summed E-state index contributed by atoms with van der Waals surface area (Å²) < 4.78 is 7.64. The zero-order chi connectivity index (χ0) is 21.6. The van der Waals surface area contributed by atoms with Crippen molar-refractivity contribution in [2.24, 2.45) is 0 Å². The molecule has 1 unspecified atom stereocenters. The summed E-state index contributed by atoms with van der Waals surface area (Å²) in [6, 6.07) is 14.4. The topological polar surface area (TPSA) is 100 Å². The van der Waals surface area contributed by atoms with Gasteiger partial charge < -0.3 is 19.7 Å². The highest BCUT2D eigenvalue weighted by molar-refractivity contribution is 5.85. The molecule has 0 bridgehead atoms. The van der Waals surface area contributed by atoms with Crippen molar-refractivity contribution in [3.05, 3.63) is 77.9 Å². The van der Waals surface area contributed by atoms with E-state index in [4.69, 9.17) is 10.00 Å². The first-order valence-corrected chi connectivity index (χ1v) is 9.75. The van der Waals surface area contributed by atoms with Crippen LogP contribution in [0.3, 0.4) is 0 Å². The second-order valence-corrected chi connectivity index (χ2v) is 6.91. The molecule has 1 aromatic heterocycles. The fourth-order valence-electron chi connectivity index (χ4n) is 3.41. The second-order valence-electron chi connectivity index (χ2n) is 6.91. The summed E-state index contributed by atoms with van der Waals surface area (Å²) in [5.74, 6) is -0.373. The van der Waals surface area contributed by atoms with Gasteiger partial charge in [-0.3, -0.25) is 0 Å². The van der Waals surface area contributed by atoms with Crippen LogP contribution in [0.25, 0.3) is 0 Å². The molecule has 30 heavy (non-hydrogen) atoms. The molecule has 0 amide bonds. The summed E-state index contributed by atoms with van der Waals surface area (Å²) in [6.07, 6.45) is 5.58. The summed E-state index contributed by atoms with van der Waals surface area (Å²) in [6.45, 7) is 4.74. The van der Waals surface area contributed by atoms with E-state index in [9.17, 15) is 9.90 Å². The number of carbonyl (C=O) groups is 1. The molecule has 0 spiro atoms. The Morgan fingerprint density at radius 1 is 1.27 bits per heavy atom. The molecule has 2 N–H and O–H groups in total. The summed E-state index contributed by atoms with van der Waals surface area (Å²) in [5, 5.41) is 22.4. The maximum absolute atomic E-state index is 12.5.